The van der Waals surface area contributed by atoms with Gasteiger partial charge in [-0.2, -0.15) is 5.10 Å². The van der Waals surface area contributed by atoms with Gasteiger partial charge in [-0.05, 0) is 36.4 Å². The molecule has 0 saturated carbocycles. The largest absolute Gasteiger partial charge is 0.368 e. The van der Waals surface area contributed by atoms with Crippen molar-refractivity contribution in [1.29, 1.82) is 0 Å². The first-order valence-electron chi connectivity index (χ1n) is 12.1. The number of aromatic nitrogens is 3. The summed E-state index contributed by atoms with van der Waals surface area (Å²) < 4.78 is 16.3. The maximum Gasteiger partial charge on any atom is 0.272 e. The standard InChI is InChI=1S/C29H23ClFN5O/c30-21-9-6-10-22(17-21)34-13-15-35(16-14-34)29(37)27-18-26(23-11-4-5-12-24(23)31)32-28-19-25(33-36(27)28)20-7-2-1-3-8-20/h1-12,17-19H,13-16H2. The van der Waals surface area contributed by atoms with Crippen LogP contribution in [0.2, 0.25) is 5.02 Å². The van der Waals surface area contributed by atoms with Gasteiger partial charge in [0.1, 0.15) is 11.5 Å². The topological polar surface area (TPSA) is 53.7 Å². The molecule has 8 heteroatoms. The molecule has 0 aliphatic carbocycles. The first-order chi connectivity index (χ1) is 18.1. The maximum absolute atomic E-state index is 14.7. The number of halogens is 2. The second-order valence-electron chi connectivity index (χ2n) is 8.93. The van der Waals surface area contributed by atoms with Crippen molar-refractivity contribution in [2.24, 2.45) is 0 Å². The molecule has 37 heavy (non-hydrogen) atoms. The average Bonchev–Trinajstić information content (AvgIpc) is 3.37. The predicted octanol–water partition coefficient (Wildman–Crippen LogP) is 5.82. The van der Waals surface area contributed by atoms with Crippen LogP contribution in [0.1, 0.15) is 10.5 Å². The molecule has 0 N–H and O–H groups in total. The van der Waals surface area contributed by atoms with Crippen LogP contribution in [-0.4, -0.2) is 51.6 Å². The summed E-state index contributed by atoms with van der Waals surface area (Å²) in [5.74, 6) is -0.561. The Morgan fingerprint density at radius 1 is 0.811 bits per heavy atom. The third-order valence-electron chi connectivity index (χ3n) is 6.61. The molecule has 1 fully saturated rings. The summed E-state index contributed by atoms with van der Waals surface area (Å²) >= 11 is 6.17. The molecule has 3 heterocycles. The van der Waals surface area contributed by atoms with Crippen molar-refractivity contribution in [2.45, 2.75) is 0 Å². The lowest BCUT2D eigenvalue weighted by molar-refractivity contribution is 0.0738. The summed E-state index contributed by atoms with van der Waals surface area (Å²) in [5.41, 5.74) is 4.21. The highest BCUT2D eigenvalue weighted by molar-refractivity contribution is 6.30. The van der Waals surface area contributed by atoms with Crippen molar-refractivity contribution in [3.8, 4) is 22.5 Å². The van der Waals surface area contributed by atoms with E-state index < -0.39 is 5.82 Å². The van der Waals surface area contributed by atoms with Crippen molar-refractivity contribution in [1.82, 2.24) is 19.5 Å². The monoisotopic (exact) mass is 511 g/mol. The summed E-state index contributed by atoms with van der Waals surface area (Å²) in [7, 11) is 0. The summed E-state index contributed by atoms with van der Waals surface area (Å²) in [4.78, 5) is 22.5. The molecular weight excluding hydrogens is 489 g/mol. The van der Waals surface area contributed by atoms with Crippen molar-refractivity contribution in [3.63, 3.8) is 0 Å². The van der Waals surface area contributed by atoms with Crippen LogP contribution in [0.4, 0.5) is 10.1 Å². The zero-order valence-corrected chi connectivity index (χ0v) is 20.6. The van der Waals surface area contributed by atoms with E-state index in [-0.39, 0.29) is 5.91 Å². The van der Waals surface area contributed by atoms with Gasteiger partial charge < -0.3 is 9.80 Å². The van der Waals surface area contributed by atoms with E-state index in [9.17, 15) is 9.18 Å². The molecule has 5 aromatic rings. The average molecular weight is 512 g/mol. The number of carbonyl (C=O) groups is 1. The zero-order valence-electron chi connectivity index (χ0n) is 19.9. The number of carbonyl (C=O) groups excluding carboxylic acids is 1. The molecule has 3 aromatic carbocycles. The Hall–Kier alpha value is -4.23. The Kier molecular flexibility index (Phi) is 6.06. The van der Waals surface area contributed by atoms with Gasteiger partial charge >= 0.3 is 0 Å². The number of piperazine rings is 1. The Balaban J connectivity index is 1.37. The minimum Gasteiger partial charge on any atom is -0.368 e. The van der Waals surface area contributed by atoms with Crippen LogP contribution < -0.4 is 4.90 Å². The highest BCUT2D eigenvalue weighted by Gasteiger charge is 2.26. The predicted molar refractivity (Wildman–Crippen MR) is 143 cm³/mol. The number of nitrogens with zero attached hydrogens (tertiary/aromatic N) is 5. The number of anilines is 1. The number of amides is 1. The summed E-state index contributed by atoms with van der Waals surface area (Å²) in [6.07, 6.45) is 0. The van der Waals surface area contributed by atoms with Gasteiger partial charge in [0.05, 0.1) is 11.4 Å². The van der Waals surface area contributed by atoms with E-state index in [0.717, 1.165) is 11.3 Å². The van der Waals surface area contributed by atoms with Crippen LogP contribution in [0.3, 0.4) is 0 Å². The SMILES string of the molecule is O=C(c1cc(-c2ccccc2F)nc2cc(-c3ccccc3)nn12)N1CCN(c2cccc(Cl)c2)CC1. The molecule has 0 atom stereocenters. The van der Waals surface area contributed by atoms with Crippen molar-refractivity contribution < 1.29 is 9.18 Å². The Bertz CT molecular complexity index is 1600. The van der Waals surface area contributed by atoms with Gasteiger partial charge in [-0.3, -0.25) is 4.79 Å². The summed E-state index contributed by atoms with van der Waals surface area (Å²) in [5, 5.41) is 5.40. The Morgan fingerprint density at radius 3 is 2.32 bits per heavy atom. The molecule has 1 aliphatic heterocycles. The highest BCUT2D eigenvalue weighted by atomic mass is 35.5. The van der Waals surface area contributed by atoms with Gasteiger partial charge in [0.2, 0.25) is 0 Å². The lowest BCUT2D eigenvalue weighted by Crippen LogP contribution is -2.49. The number of fused-ring (bicyclic) bond motifs is 1. The van der Waals surface area contributed by atoms with Crippen LogP contribution in [0, 0.1) is 5.82 Å². The van der Waals surface area contributed by atoms with E-state index in [0.29, 0.717) is 59.5 Å². The van der Waals surface area contributed by atoms with Crippen LogP contribution in [0.25, 0.3) is 28.2 Å². The third-order valence-corrected chi connectivity index (χ3v) is 6.84. The smallest absolute Gasteiger partial charge is 0.272 e. The first kappa shape index (κ1) is 23.2. The van der Waals surface area contributed by atoms with Crippen LogP contribution in [-0.2, 0) is 0 Å². The molecule has 6 rings (SSSR count). The van der Waals surface area contributed by atoms with Crippen molar-refractivity contribution in [2.75, 3.05) is 31.1 Å². The Morgan fingerprint density at radius 2 is 1.57 bits per heavy atom. The normalized spacial score (nSPS) is 13.8. The Labute approximate surface area is 218 Å². The maximum atomic E-state index is 14.7. The molecule has 1 aliphatic rings. The molecule has 1 saturated heterocycles. The second-order valence-corrected chi connectivity index (χ2v) is 9.37. The minimum absolute atomic E-state index is 0.168. The number of benzene rings is 3. The van der Waals surface area contributed by atoms with E-state index in [1.165, 1.54) is 6.07 Å². The fraction of sp³-hybridized carbons (Fsp3) is 0.138. The van der Waals surface area contributed by atoms with E-state index >= 15 is 0 Å². The quantitative estimate of drug-likeness (QED) is 0.305. The van der Waals surface area contributed by atoms with Gasteiger partial charge in [-0.15, -0.1) is 0 Å². The molecular formula is C29H23ClFN5O. The number of hydrogen-bond donors (Lipinski definition) is 0. The number of hydrogen-bond acceptors (Lipinski definition) is 4. The highest BCUT2D eigenvalue weighted by Crippen LogP contribution is 2.27. The first-order valence-corrected chi connectivity index (χ1v) is 12.5. The molecule has 0 unspecified atom stereocenters. The fourth-order valence-electron chi connectivity index (χ4n) is 4.69. The molecule has 0 bridgehead atoms. The zero-order chi connectivity index (χ0) is 25.4. The molecule has 6 nitrogen and oxygen atoms in total. The van der Waals surface area contributed by atoms with Crippen molar-refractivity contribution in [3.05, 3.63) is 108 Å². The van der Waals surface area contributed by atoms with Gasteiger partial charge in [0, 0.05) is 54.1 Å². The van der Waals surface area contributed by atoms with E-state index in [4.69, 9.17) is 16.7 Å². The lowest BCUT2D eigenvalue weighted by Gasteiger charge is -2.36. The fourth-order valence-corrected chi connectivity index (χ4v) is 4.87. The van der Waals surface area contributed by atoms with Crippen molar-refractivity contribution >= 4 is 28.8 Å². The molecule has 2 aromatic heterocycles. The summed E-state index contributed by atoms with van der Waals surface area (Å²) in [6.45, 7) is 2.43. The lowest BCUT2D eigenvalue weighted by atomic mass is 10.1. The molecule has 0 spiro atoms. The van der Waals surface area contributed by atoms with Gasteiger partial charge in [-0.1, -0.05) is 60.1 Å². The second kappa shape index (κ2) is 9.67. The van der Waals surface area contributed by atoms with Crippen LogP contribution in [0.15, 0.2) is 91.0 Å². The molecule has 1 amide bonds. The van der Waals surface area contributed by atoms with E-state index in [2.05, 4.69) is 9.88 Å². The van der Waals surface area contributed by atoms with Gasteiger partial charge in [0.15, 0.2) is 5.65 Å². The molecule has 0 radical (unpaired) electrons. The van der Waals surface area contributed by atoms with E-state index in [1.54, 1.807) is 28.8 Å². The molecule has 184 valence electrons. The van der Waals surface area contributed by atoms with Crippen LogP contribution in [0.5, 0.6) is 0 Å². The van der Waals surface area contributed by atoms with Crippen LogP contribution >= 0.6 is 11.6 Å². The summed E-state index contributed by atoms with van der Waals surface area (Å²) in [6, 6.07) is 27.4. The number of rotatable bonds is 4. The van der Waals surface area contributed by atoms with Gasteiger partial charge in [0.25, 0.3) is 5.91 Å². The van der Waals surface area contributed by atoms with E-state index in [1.807, 2.05) is 65.6 Å². The third kappa shape index (κ3) is 4.54. The minimum atomic E-state index is -0.393. The van der Waals surface area contributed by atoms with Gasteiger partial charge in [-0.25, -0.2) is 13.9 Å².